The summed E-state index contributed by atoms with van der Waals surface area (Å²) in [6, 6.07) is 0. The third-order valence-electron chi connectivity index (χ3n) is 6.69. The van der Waals surface area contributed by atoms with Gasteiger partial charge in [0.05, 0.1) is 1.37 Å². The lowest BCUT2D eigenvalue weighted by Gasteiger charge is -2.40. The fourth-order valence-electron chi connectivity index (χ4n) is 5.26. The van der Waals surface area contributed by atoms with Crippen LogP contribution in [0.3, 0.4) is 0 Å². The summed E-state index contributed by atoms with van der Waals surface area (Å²) in [6.45, 7) is 2.21. The summed E-state index contributed by atoms with van der Waals surface area (Å²) in [5.41, 5.74) is 0. The van der Waals surface area contributed by atoms with Gasteiger partial charge in [0, 0.05) is 4.11 Å². The van der Waals surface area contributed by atoms with Gasteiger partial charge in [-0.05, 0) is 74.5 Å². The number of hydrogen-bond donors (Lipinski definition) is 0. The van der Waals surface area contributed by atoms with Crippen molar-refractivity contribution in [2.24, 2.45) is 29.6 Å². The molecule has 0 aromatic rings. The van der Waals surface area contributed by atoms with Crippen LogP contribution in [-0.4, -0.2) is 18.6 Å². The molecule has 3 rings (SSSR count). The van der Waals surface area contributed by atoms with Crippen molar-refractivity contribution < 1.29 is 27.8 Å². The topological polar surface area (TPSA) is 9.23 Å². The first-order valence-electron chi connectivity index (χ1n) is 12.4. The van der Waals surface area contributed by atoms with E-state index in [1.54, 1.807) is 0 Å². The van der Waals surface area contributed by atoms with Crippen molar-refractivity contribution in [2.45, 2.75) is 96.1 Å². The zero-order valence-corrected chi connectivity index (χ0v) is 16.0. The minimum absolute atomic E-state index is 0.508. The first kappa shape index (κ1) is 16.2. The molecule has 156 valence electrons. The van der Waals surface area contributed by atoms with E-state index >= 15 is 4.39 Å². The maximum absolute atomic E-state index is 15.1. The minimum Gasteiger partial charge on any atom is -0.281 e. The van der Waals surface area contributed by atoms with Crippen LogP contribution in [0.15, 0.2) is 12.2 Å². The van der Waals surface area contributed by atoms with Gasteiger partial charge in [-0.2, -0.15) is 0 Å². The quantitative estimate of drug-likeness (QED) is 0.353. The largest absolute Gasteiger partial charge is 0.523 e. The van der Waals surface area contributed by atoms with E-state index in [0.29, 0.717) is 24.7 Å². The molecule has 0 radical (unpaired) electrons. The highest BCUT2D eigenvalue weighted by atomic mass is 19.4. The molecule has 5 heteroatoms. The van der Waals surface area contributed by atoms with E-state index < -0.39 is 36.8 Å². The summed E-state index contributed by atoms with van der Waals surface area (Å²) >= 11 is 0. The average molecular weight is 395 g/mol. The van der Waals surface area contributed by atoms with E-state index in [4.69, 9.17) is 5.48 Å². The molecule has 0 aliphatic heterocycles. The molecule has 0 N–H and O–H groups in total. The van der Waals surface area contributed by atoms with E-state index in [0.717, 1.165) is 30.9 Å². The Balaban J connectivity index is 1.66. The molecule has 0 heterocycles. The highest BCUT2D eigenvalue weighted by Crippen LogP contribution is 2.45. The van der Waals surface area contributed by atoms with Crippen LogP contribution in [-0.2, 0) is 4.74 Å². The molecule has 3 aliphatic rings. The Morgan fingerprint density at radius 1 is 0.963 bits per heavy atom. The van der Waals surface area contributed by atoms with Crippen molar-refractivity contribution in [2.75, 3.05) is 0 Å². The molecular formula is C22H34F4O. The maximum atomic E-state index is 15.1. The highest BCUT2D eigenvalue weighted by Gasteiger charge is 2.40. The van der Waals surface area contributed by atoms with Gasteiger partial charge in [0.1, 0.15) is 12.3 Å². The summed E-state index contributed by atoms with van der Waals surface area (Å²) in [4.78, 5) is 0. The second kappa shape index (κ2) is 9.28. The molecule has 3 unspecified atom stereocenters. The van der Waals surface area contributed by atoms with Crippen molar-refractivity contribution >= 4 is 0 Å². The van der Waals surface area contributed by atoms with Crippen LogP contribution in [0.25, 0.3) is 0 Å². The van der Waals surface area contributed by atoms with Crippen LogP contribution in [0.5, 0.6) is 0 Å². The summed E-state index contributed by atoms with van der Waals surface area (Å²) in [5.74, 6) is -0.684. The van der Waals surface area contributed by atoms with Gasteiger partial charge >= 0.3 is 6.36 Å². The van der Waals surface area contributed by atoms with Crippen LogP contribution in [0.4, 0.5) is 17.6 Å². The monoisotopic (exact) mass is 394 g/mol. The predicted molar refractivity (Wildman–Crippen MR) is 98.9 cm³/mol. The Bertz CT molecular complexity index is 638. The van der Waals surface area contributed by atoms with Gasteiger partial charge in [0.15, 0.2) is 0 Å². The molecule has 0 aromatic heterocycles. The number of rotatable bonds is 5. The van der Waals surface area contributed by atoms with Crippen molar-refractivity contribution in [1.82, 2.24) is 0 Å². The molecule has 1 nitrogen and oxygen atoms in total. The number of hydrogen-bond acceptors (Lipinski definition) is 1. The lowest BCUT2D eigenvalue weighted by Crippen LogP contribution is -2.36. The number of allylic oxidation sites excluding steroid dienone is 1. The normalized spacial score (nSPS) is 50.3. The van der Waals surface area contributed by atoms with Crippen molar-refractivity contribution in [3.8, 4) is 0 Å². The van der Waals surface area contributed by atoms with Crippen LogP contribution in [0.1, 0.15) is 83.0 Å². The van der Waals surface area contributed by atoms with Crippen LogP contribution < -0.4 is 0 Å². The molecule has 0 aromatic carbocycles. The van der Waals surface area contributed by atoms with E-state index in [1.807, 2.05) is 0 Å². The second-order valence-electron chi connectivity index (χ2n) is 8.45. The first-order chi connectivity index (χ1) is 14.3. The van der Waals surface area contributed by atoms with Gasteiger partial charge in [-0.25, -0.2) is 4.39 Å². The molecule has 2 saturated carbocycles. The van der Waals surface area contributed by atoms with E-state index in [1.165, 1.54) is 38.5 Å². The number of ether oxygens (including phenoxy) is 1. The standard InChI is InChI=1S/C22H34F4O/c1-2-3-15-4-6-16(7-5-15)17-8-10-18(11-9-17)19-12-13-21(20(23)14-19)27-22(24,25)26/h12-13,15-21H,2-11,14H2,1H3/i14D2,19D,20D. The summed E-state index contributed by atoms with van der Waals surface area (Å²) in [6.07, 6.45) is -2.70. The number of halogens is 4. The van der Waals surface area contributed by atoms with Crippen LogP contribution in [0, 0.1) is 29.6 Å². The molecule has 3 atom stereocenters. The number of alkyl halides is 4. The van der Waals surface area contributed by atoms with Crippen LogP contribution in [0.2, 0.25) is 0 Å². The fraction of sp³-hybridized carbons (Fsp3) is 0.909. The summed E-state index contributed by atoms with van der Waals surface area (Å²) < 4.78 is 89.3. The Morgan fingerprint density at radius 3 is 2.07 bits per heavy atom. The maximum Gasteiger partial charge on any atom is 0.523 e. The van der Waals surface area contributed by atoms with Gasteiger partial charge in [-0.1, -0.05) is 44.8 Å². The Morgan fingerprint density at radius 2 is 1.52 bits per heavy atom. The van der Waals surface area contributed by atoms with Gasteiger partial charge < -0.3 is 0 Å². The van der Waals surface area contributed by atoms with Gasteiger partial charge in [0.2, 0.25) is 0 Å². The SMILES string of the molecule is [2H]C1(F)C(OC(F)(F)F)C=CC([2H])(C2CCC(C3CCC(CCC)CC3)CC2)C1([2H])[2H]. The lowest BCUT2D eigenvalue weighted by atomic mass is 9.66. The zero-order chi connectivity index (χ0) is 23.1. The van der Waals surface area contributed by atoms with E-state index in [-0.39, 0.29) is 0 Å². The lowest BCUT2D eigenvalue weighted by molar-refractivity contribution is -0.342. The molecule has 0 saturated heterocycles. The Labute approximate surface area is 166 Å². The van der Waals surface area contributed by atoms with Crippen LogP contribution >= 0.6 is 0 Å². The highest BCUT2D eigenvalue weighted by molar-refractivity contribution is 5.05. The fourth-order valence-corrected chi connectivity index (χ4v) is 5.26. The van der Waals surface area contributed by atoms with Crippen molar-refractivity contribution in [3.05, 3.63) is 12.2 Å². The third kappa shape index (κ3) is 5.95. The predicted octanol–water partition coefficient (Wildman–Crippen LogP) is 7.22. The molecule has 3 aliphatic carbocycles. The first-order valence-corrected chi connectivity index (χ1v) is 10.4. The van der Waals surface area contributed by atoms with E-state index in [2.05, 4.69) is 11.7 Å². The zero-order valence-electron chi connectivity index (χ0n) is 20.0. The van der Waals surface area contributed by atoms with Crippen molar-refractivity contribution in [3.63, 3.8) is 0 Å². The molecule has 2 fully saturated rings. The molecule has 0 amide bonds. The molecule has 0 spiro atoms. The van der Waals surface area contributed by atoms with Crippen molar-refractivity contribution in [1.29, 1.82) is 0 Å². The molecule has 0 bridgehead atoms. The Kier molecular flexibility index (Phi) is 5.58. The summed E-state index contributed by atoms with van der Waals surface area (Å²) in [7, 11) is 0. The summed E-state index contributed by atoms with van der Waals surface area (Å²) in [5, 5.41) is 0. The minimum atomic E-state index is -5.19. The average Bonchev–Trinajstić information content (AvgIpc) is 2.70. The molecular weight excluding hydrogens is 356 g/mol. The smallest absolute Gasteiger partial charge is 0.281 e. The molecule has 27 heavy (non-hydrogen) atoms. The van der Waals surface area contributed by atoms with E-state index in [9.17, 15) is 13.2 Å². The Hall–Kier alpha value is -0.580. The van der Waals surface area contributed by atoms with Gasteiger partial charge in [-0.15, -0.1) is 13.2 Å². The second-order valence-corrected chi connectivity index (χ2v) is 8.45. The third-order valence-corrected chi connectivity index (χ3v) is 6.69. The van der Waals surface area contributed by atoms with Gasteiger partial charge in [0.25, 0.3) is 0 Å². The van der Waals surface area contributed by atoms with Gasteiger partial charge in [-0.3, -0.25) is 4.74 Å².